The smallest absolute Gasteiger partial charge is 0.410 e. The molecule has 6 heteroatoms. The first-order valence-electron chi connectivity index (χ1n) is 10.4. The van der Waals surface area contributed by atoms with Gasteiger partial charge in [0.05, 0.1) is 0 Å². The van der Waals surface area contributed by atoms with Gasteiger partial charge in [-0.1, -0.05) is 28.1 Å². The molecule has 5 nitrogen and oxygen atoms in total. The third kappa shape index (κ3) is 6.74. The highest BCUT2D eigenvalue weighted by Crippen LogP contribution is 2.25. The molecule has 2 aromatic carbocycles. The molecule has 3 rings (SSSR count). The molecule has 1 heterocycles. The number of amides is 1. The highest BCUT2D eigenvalue weighted by molar-refractivity contribution is 9.10. The van der Waals surface area contributed by atoms with E-state index in [1.807, 2.05) is 62.1 Å². The standard InChI is InChI=1S/C24H31BrN2O3/c1-24(2,3)30-23(28)27-15-5-6-20(27)17-26(4)16-18-7-11-21(12-8-18)29-22-13-9-19(25)10-14-22/h7-14,20H,5-6,15-17H2,1-4H3. The lowest BCUT2D eigenvalue weighted by Gasteiger charge is -2.31. The predicted octanol–water partition coefficient (Wildman–Crippen LogP) is 6.07. The second-order valence-electron chi connectivity index (χ2n) is 8.87. The van der Waals surface area contributed by atoms with Crippen molar-refractivity contribution >= 4 is 22.0 Å². The molecule has 0 radical (unpaired) electrons. The Morgan fingerprint density at radius 2 is 1.70 bits per heavy atom. The maximum Gasteiger partial charge on any atom is 0.410 e. The minimum absolute atomic E-state index is 0.199. The van der Waals surface area contributed by atoms with E-state index in [0.717, 1.165) is 48.4 Å². The number of carbonyl (C=O) groups is 1. The van der Waals surface area contributed by atoms with Gasteiger partial charge in [0.15, 0.2) is 0 Å². The average molecular weight is 475 g/mol. The van der Waals surface area contributed by atoms with Gasteiger partial charge >= 0.3 is 6.09 Å². The third-order valence-electron chi connectivity index (χ3n) is 4.95. The van der Waals surface area contributed by atoms with Crippen LogP contribution < -0.4 is 4.74 Å². The predicted molar refractivity (Wildman–Crippen MR) is 123 cm³/mol. The van der Waals surface area contributed by atoms with Crippen molar-refractivity contribution in [1.82, 2.24) is 9.80 Å². The van der Waals surface area contributed by atoms with Gasteiger partial charge in [0.1, 0.15) is 17.1 Å². The van der Waals surface area contributed by atoms with Gasteiger partial charge in [-0.15, -0.1) is 0 Å². The first-order valence-corrected chi connectivity index (χ1v) is 11.2. The highest BCUT2D eigenvalue weighted by Gasteiger charge is 2.32. The summed E-state index contributed by atoms with van der Waals surface area (Å²) in [6.07, 6.45) is 1.84. The number of likely N-dealkylation sites (N-methyl/N-ethyl adjacent to an activating group) is 1. The van der Waals surface area contributed by atoms with Crippen LogP contribution in [-0.2, 0) is 11.3 Å². The van der Waals surface area contributed by atoms with E-state index < -0.39 is 5.60 Å². The average Bonchev–Trinajstić information content (AvgIpc) is 3.12. The molecule has 1 saturated heterocycles. The zero-order valence-corrected chi connectivity index (χ0v) is 19.8. The molecule has 30 heavy (non-hydrogen) atoms. The molecule has 1 amide bonds. The van der Waals surface area contributed by atoms with Crippen LogP contribution in [0.15, 0.2) is 53.0 Å². The lowest BCUT2D eigenvalue weighted by Crippen LogP contribution is -2.44. The van der Waals surface area contributed by atoms with Gasteiger partial charge in [-0.05, 0) is 82.6 Å². The molecule has 1 aliphatic rings. The lowest BCUT2D eigenvalue weighted by atomic mass is 10.1. The molecular formula is C24H31BrN2O3. The van der Waals surface area contributed by atoms with E-state index >= 15 is 0 Å². The van der Waals surface area contributed by atoms with Crippen molar-refractivity contribution in [3.05, 3.63) is 58.6 Å². The Hall–Kier alpha value is -2.05. The van der Waals surface area contributed by atoms with E-state index in [1.165, 1.54) is 5.56 Å². The van der Waals surface area contributed by atoms with E-state index in [9.17, 15) is 4.79 Å². The molecule has 1 fully saturated rings. The molecular weight excluding hydrogens is 444 g/mol. The molecule has 2 aromatic rings. The summed E-state index contributed by atoms with van der Waals surface area (Å²) < 4.78 is 12.5. The Balaban J connectivity index is 1.52. The quantitative estimate of drug-likeness (QED) is 0.509. The van der Waals surface area contributed by atoms with Gasteiger partial charge in [-0.3, -0.25) is 0 Å². The van der Waals surface area contributed by atoms with Crippen molar-refractivity contribution in [2.24, 2.45) is 0 Å². The summed E-state index contributed by atoms with van der Waals surface area (Å²) >= 11 is 3.43. The van der Waals surface area contributed by atoms with E-state index in [2.05, 4.69) is 40.0 Å². The van der Waals surface area contributed by atoms with Crippen LogP contribution in [0.4, 0.5) is 4.79 Å². The van der Waals surface area contributed by atoms with Crippen LogP contribution in [0.5, 0.6) is 11.5 Å². The molecule has 0 bridgehead atoms. The molecule has 0 spiro atoms. The number of rotatable bonds is 6. The minimum atomic E-state index is -0.462. The third-order valence-corrected chi connectivity index (χ3v) is 5.48. The maximum absolute atomic E-state index is 12.5. The molecule has 0 N–H and O–H groups in total. The van der Waals surface area contributed by atoms with Gasteiger partial charge in [-0.25, -0.2) is 4.79 Å². The minimum Gasteiger partial charge on any atom is -0.457 e. The second kappa shape index (κ2) is 9.84. The van der Waals surface area contributed by atoms with Crippen LogP contribution in [0, 0.1) is 0 Å². The Bertz CT molecular complexity index is 831. The number of hydrogen-bond donors (Lipinski definition) is 0. The van der Waals surface area contributed by atoms with Gasteiger partial charge in [0.25, 0.3) is 0 Å². The Kier molecular flexibility index (Phi) is 7.42. The van der Waals surface area contributed by atoms with Crippen LogP contribution in [0.2, 0.25) is 0 Å². The van der Waals surface area contributed by atoms with Crippen LogP contribution in [0.25, 0.3) is 0 Å². The largest absolute Gasteiger partial charge is 0.457 e. The molecule has 1 atom stereocenters. The van der Waals surface area contributed by atoms with Crippen molar-refractivity contribution in [2.75, 3.05) is 20.1 Å². The molecule has 0 aromatic heterocycles. The molecule has 0 aliphatic carbocycles. The Morgan fingerprint density at radius 1 is 1.10 bits per heavy atom. The molecule has 1 unspecified atom stereocenters. The lowest BCUT2D eigenvalue weighted by molar-refractivity contribution is 0.0201. The van der Waals surface area contributed by atoms with Crippen molar-refractivity contribution in [3.8, 4) is 11.5 Å². The van der Waals surface area contributed by atoms with Crippen LogP contribution in [-0.4, -0.2) is 47.7 Å². The second-order valence-corrected chi connectivity index (χ2v) is 9.78. The Morgan fingerprint density at radius 3 is 2.30 bits per heavy atom. The molecule has 0 saturated carbocycles. The highest BCUT2D eigenvalue weighted by atomic mass is 79.9. The first kappa shape index (κ1) is 22.6. The number of hydrogen-bond acceptors (Lipinski definition) is 4. The zero-order valence-electron chi connectivity index (χ0n) is 18.2. The summed E-state index contributed by atoms with van der Waals surface area (Å²) in [5, 5.41) is 0. The monoisotopic (exact) mass is 474 g/mol. The Labute approximate surface area is 188 Å². The number of halogens is 1. The van der Waals surface area contributed by atoms with Crippen molar-refractivity contribution in [1.29, 1.82) is 0 Å². The summed E-state index contributed by atoms with van der Waals surface area (Å²) in [5.74, 6) is 1.63. The topological polar surface area (TPSA) is 42.0 Å². The maximum atomic E-state index is 12.5. The summed E-state index contributed by atoms with van der Waals surface area (Å²) in [6, 6.07) is 16.2. The van der Waals surface area contributed by atoms with Crippen molar-refractivity contribution in [2.45, 2.75) is 51.8 Å². The van der Waals surface area contributed by atoms with Crippen LogP contribution in [0.1, 0.15) is 39.2 Å². The van der Waals surface area contributed by atoms with Gasteiger partial charge < -0.3 is 19.3 Å². The molecule has 162 valence electrons. The summed E-state index contributed by atoms with van der Waals surface area (Å²) in [7, 11) is 2.10. The fourth-order valence-electron chi connectivity index (χ4n) is 3.62. The van der Waals surface area contributed by atoms with E-state index in [4.69, 9.17) is 9.47 Å². The van der Waals surface area contributed by atoms with E-state index in [1.54, 1.807) is 0 Å². The summed E-state index contributed by atoms with van der Waals surface area (Å²) in [6.45, 7) is 8.15. The van der Waals surface area contributed by atoms with Crippen molar-refractivity contribution in [3.63, 3.8) is 0 Å². The number of benzene rings is 2. The summed E-state index contributed by atoms with van der Waals surface area (Å²) in [4.78, 5) is 16.6. The SMILES string of the molecule is CN(Cc1ccc(Oc2ccc(Br)cc2)cc1)CC1CCCN1C(=O)OC(C)(C)C. The number of nitrogens with zero attached hydrogens (tertiary/aromatic N) is 2. The normalized spacial score (nSPS) is 16.7. The molecule has 1 aliphatic heterocycles. The van der Waals surface area contributed by atoms with Gasteiger partial charge in [-0.2, -0.15) is 0 Å². The number of carbonyl (C=O) groups excluding carboxylic acids is 1. The fourth-order valence-corrected chi connectivity index (χ4v) is 3.89. The fraction of sp³-hybridized carbons (Fsp3) is 0.458. The van der Waals surface area contributed by atoms with Crippen molar-refractivity contribution < 1.29 is 14.3 Å². The van der Waals surface area contributed by atoms with Crippen LogP contribution in [0.3, 0.4) is 0 Å². The van der Waals surface area contributed by atoms with Crippen LogP contribution >= 0.6 is 15.9 Å². The summed E-state index contributed by atoms with van der Waals surface area (Å²) in [5.41, 5.74) is 0.749. The zero-order chi connectivity index (χ0) is 21.7. The number of ether oxygens (including phenoxy) is 2. The van der Waals surface area contributed by atoms with E-state index in [0.29, 0.717) is 0 Å². The number of likely N-dealkylation sites (tertiary alicyclic amines) is 1. The van der Waals surface area contributed by atoms with Gasteiger partial charge in [0, 0.05) is 30.1 Å². The first-order chi connectivity index (χ1) is 14.2. The van der Waals surface area contributed by atoms with E-state index in [-0.39, 0.29) is 12.1 Å². The van der Waals surface area contributed by atoms with Gasteiger partial charge in [0.2, 0.25) is 0 Å².